The molecule has 2 heterocycles. The molecule has 2 aliphatic heterocycles. The zero-order valence-electron chi connectivity index (χ0n) is 22.3. The Bertz CT molecular complexity index is 1190. The zero-order valence-corrected chi connectivity index (χ0v) is 22.3. The second kappa shape index (κ2) is 11.1. The molecule has 0 aromatic heterocycles. The molecule has 3 unspecified atom stereocenters. The van der Waals surface area contributed by atoms with Crippen LogP contribution >= 0.6 is 0 Å². The highest BCUT2D eigenvalue weighted by molar-refractivity contribution is 6.12. The summed E-state index contributed by atoms with van der Waals surface area (Å²) < 4.78 is 5.15. The summed E-state index contributed by atoms with van der Waals surface area (Å²) in [5.41, 5.74) is 8.40. The quantitative estimate of drug-likeness (QED) is 0.607. The lowest BCUT2D eigenvalue weighted by Gasteiger charge is -2.24. The SMILES string of the molecule is CC1CC(N)C(=O)N(C)c2ccccc21.CN1C(=O)C(NC(=O)OC(C)(C)C)CC(=O)c2ccccc21. The number of nitrogens with zero attached hydrogens (tertiary/aromatic N) is 2. The van der Waals surface area contributed by atoms with Crippen LogP contribution in [-0.2, 0) is 14.3 Å². The summed E-state index contributed by atoms with van der Waals surface area (Å²) in [6.45, 7) is 7.31. The molecule has 0 radical (unpaired) electrons. The summed E-state index contributed by atoms with van der Waals surface area (Å²) in [6.07, 6.45) is -0.0717. The number of carbonyl (C=O) groups is 4. The van der Waals surface area contributed by atoms with Gasteiger partial charge in [0.05, 0.1) is 11.7 Å². The van der Waals surface area contributed by atoms with E-state index in [1.807, 2.05) is 18.2 Å². The van der Waals surface area contributed by atoms with Gasteiger partial charge in [-0.3, -0.25) is 14.4 Å². The van der Waals surface area contributed by atoms with E-state index in [1.54, 1.807) is 64.0 Å². The average molecular weight is 509 g/mol. The fraction of sp³-hybridized carbons (Fsp3) is 0.429. The second-order valence-corrected chi connectivity index (χ2v) is 10.4. The summed E-state index contributed by atoms with van der Waals surface area (Å²) in [4.78, 5) is 51.5. The van der Waals surface area contributed by atoms with Crippen molar-refractivity contribution in [2.45, 2.75) is 64.1 Å². The van der Waals surface area contributed by atoms with E-state index in [0.717, 1.165) is 12.1 Å². The molecule has 2 aliphatic rings. The predicted molar refractivity (Wildman–Crippen MR) is 143 cm³/mol. The normalized spacial score (nSPS) is 21.6. The van der Waals surface area contributed by atoms with Gasteiger partial charge in [0.15, 0.2) is 5.78 Å². The molecule has 3 N–H and O–H groups in total. The number of hydrogen-bond donors (Lipinski definition) is 2. The Kier molecular flexibility index (Phi) is 8.38. The van der Waals surface area contributed by atoms with E-state index < -0.39 is 17.7 Å². The summed E-state index contributed by atoms with van der Waals surface area (Å²) in [5.74, 6) is -0.185. The first-order chi connectivity index (χ1) is 17.3. The van der Waals surface area contributed by atoms with E-state index in [4.69, 9.17) is 10.5 Å². The lowest BCUT2D eigenvalue weighted by molar-refractivity contribution is -0.120. The molecule has 3 amide bonds. The number of alkyl carbamates (subject to hydrolysis) is 1. The highest BCUT2D eigenvalue weighted by atomic mass is 16.6. The van der Waals surface area contributed by atoms with Crippen LogP contribution in [-0.4, -0.2) is 55.5 Å². The van der Waals surface area contributed by atoms with E-state index in [0.29, 0.717) is 17.2 Å². The molecule has 2 aromatic carbocycles. The van der Waals surface area contributed by atoms with E-state index in [9.17, 15) is 19.2 Å². The van der Waals surface area contributed by atoms with Gasteiger partial charge >= 0.3 is 6.09 Å². The molecule has 0 bridgehead atoms. The van der Waals surface area contributed by atoms with Crippen LogP contribution in [0.4, 0.5) is 16.2 Å². The summed E-state index contributed by atoms with van der Waals surface area (Å²) in [5, 5.41) is 2.49. The third-order valence-electron chi connectivity index (χ3n) is 6.36. The fourth-order valence-corrected chi connectivity index (χ4v) is 4.49. The van der Waals surface area contributed by atoms with Crippen molar-refractivity contribution in [3.8, 4) is 0 Å². The molecule has 9 nitrogen and oxygen atoms in total. The molecule has 0 fully saturated rings. The molecule has 3 atom stereocenters. The third kappa shape index (κ3) is 6.54. The van der Waals surface area contributed by atoms with Crippen molar-refractivity contribution in [1.82, 2.24) is 5.32 Å². The van der Waals surface area contributed by atoms with Crippen LogP contribution < -0.4 is 20.9 Å². The maximum absolute atomic E-state index is 12.5. The number of fused-ring (bicyclic) bond motifs is 2. The number of para-hydroxylation sites is 2. The van der Waals surface area contributed by atoms with Gasteiger partial charge in [-0.25, -0.2) is 4.79 Å². The minimum atomic E-state index is -0.931. The maximum atomic E-state index is 12.5. The first-order valence-electron chi connectivity index (χ1n) is 12.3. The first-order valence-corrected chi connectivity index (χ1v) is 12.3. The number of ether oxygens (including phenoxy) is 1. The highest BCUT2D eigenvalue weighted by Gasteiger charge is 2.34. The van der Waals surface area contributed by atoms with Crippen molar-refractivity contribution >= 4 is 35.1 Å². The van der Waals surface area contributed by atoms with Crippen molar-refractivity contribution < 1.29 is 23.9 Å². The molecule has 37 heavy (non-hydrogen) atoms. The minimum Gasteiger partial charge on any atom is -0.444 e. The Morgan fingerprint density at radius 2 is 1.51 bits per heavy atom. The Balaban J connectivity index is 0.000000220. The van der Waals surface area contributed by atoms with Crippen LogP contribution in [0.1, 0.15) is 62.4 Å². The van der Waals surface area contributed by atoms with E-state index >= 15 is 0 Å². The third-order valence-corrected chi connectivity index (χ3v) is 6.36. The second-order valence-electron chi connectivity index (χ2n) is 10.4. The van der Waals surface area contributed by atoms with Gasteiger partial charge in [-0.15, -0.1) is 0 Å². The number of carbonyl (C=O) groups excluding carboxylic acids is 4. The van der Waals surface area contributed by atoms with Crippen LogP contribution in [0.3, 0.4) is 0 Å². The smallest absolute Gasteiger partial charge is 0.408 e. The Labute approximate surface area is 217 Å². The molecule has 0 spiro atoms. The highest BCUT2D eigenvalue weighted by Crippen LogP contribution is 2.33. The van der Waals surface area contributed by atoms with Crippen LogP contribution in [0.25, 0.3) is 0 Å². The number of rotatable bonds is 1. The molecule has 0 saturated heterocycles. The van der Waals surface area contributed by atoms with Crippen LogP contribution in [0.2, 0.25) is 0 Å². The fourth-order valence-electron chi connectivity index (χ4n) is 4.49. The zero-order chi connectivity index (χ0) is 27.5. The summed E-state index contributed by atoms with van der Waals surface area (Å²) >= 11 is 0. The molecular weight excluding hydrogens is 472 g/mol. The number of anilines is 2. The molecule has 0 saturated carbocycles. The van der Waals surface area contributed by atoms with E-state index in [2.05, 4.69) is 18.3 Å². The molecule has 9 heteroatoms. The van der Waals surface area contributed by atoms with E-state index in [1.165, 1.54) is 10.5 Å². The number of nitrogens with one attached hydrogen (secondary N) is 1. The van der Waals surface area contributed by atoms with Gasteiger partial charge < -0.3 is 25.6 Å². The van der Waals surface area contributed by atoms with Crippen LogP contribution in [0, 0.1) is 0 Å². The first kappa shape index (κ1) is 27.9. The monoisotopic (exact) mass is 508 g/mol. The van der Waals surface area contributed by atoms with Gasteiger partial charge in [0, 0.05) is 31.8 Å². The van der Waals surface area contributed by atoms with Crippen molar-refractivity contribution in [2.75, 3.05) is 23.9 Å². The van der Waals surface area contributed by atoms with Crippen LogP contribution in [0.15, 0.2) is 48.5 Å². The number of hydrogen-bond acceptors (Lipinski definition) is 6. The Hall–Kier alpha value is -3.72. The van der Waals surface area contributed by atoms with Crippen molar-refractivity contribution in [3.63, 3.8) is 0 Å². The molecular formula is C28H36N4O5. The van der Waals surface area contributed by atoms with Crippen molar-refractivity contribution in [2.24, 2.45) is 5.73 Å². The van der Waals surface area contributed by atoms with Crippen molar-refractivity contribution in [1.29, 1.82) is 0 Å². The minimum absolute atomic E-state index is 0.00630. The van der Waals surface area contributed by atoms with Gasteiger partial charge in [-0.05, 0) is 56.9 Å². The van der Waals surface area contributed by atoms with Gasteiger partial charge in [0.2, 0.25) is 11.8 Å². The van der Waals surface area contributed by atoms with Gasteiger partial charge in [-0.2, -0.15) is 0 Å². The number of benzene rings is 2. The predicted octanol–water partition coefficient (Wildman–Crippen LogP) is 3.61. The van der Waals surface area contributed by atoms with Gasteiger partial charge in [0.1, 0.15) is 11.6 Å². The number of nitrogens with two attached hydrogens (primary N) is 1. The lowest BCUT2D eigenvalue weighted by atomic mass is 9.95. The number of ketones is 1. The lowest BCUT2D eigenvalue weighted by Crippen LogP contribution is -2.48. The molecule has 2 aromatic rings. The van der Waals surface area contributed by atoms with Crippen molar-refractivity contribution in [3.05, 3.63) is 59.7 Å². The largest absolute Gasteiger partial charge is 0.444 e. The maximum Gasteiger partial charge on any atom is 0.408 e. The molecule has 198 valence electrons. The summed E-state index contributed by atoms with van der Waals surface area (Å²) in [6, 6.07) is 13.6. The number of likely N-dealkylation sites (N-methyl/N-ethyl adjacent to an activating group) is 2. The average Bonchev–Trinajstić information content (AvgIpc) is 2.98. The van der Waals surface area contributed by atoms with Crippen LogP contribution in [0.5, 0.6) is 0 Å². The van der Waals surface area contributed by atoms with Gasteiger partial charge in [-0.1, -0.05) is 37.3 Å². The van der Waals surface area contributed by atoms with Gasteiger partial charge in [0.25, 0.3) is 0 Å². The standard InChI is InChI=1S/C16H20N2O4.C12H16N2O/c1-16(2,3)22-15(21)17-11-9-13(19)10-7-5-6-8-12(10)18(4)14(11)20;1-8-7-10(13)12(15)14(2)11-6-4-3-5-9(8)11/h5-8,11H,9H2,1-4H3,(H,17,21);3-6,8,10H,7,13H2,1-2H3. The Morgan fingerprint density at radius 3 is 2.16 bits per heavy atom. The van der Waals surface area contributed by atoms with E-state index in [-0.39, 0.29) is 30.1 Å². The molecule has 4 rings (SSSR count). The Morgan fingerprint density at radius 1 is 0.946 bits per heavy atom. The summed E-state index contributed by atoms with van der Waals surface area (Å²) in [7, 11) is 3.38. The topological polar surface area (TPSA) is 122 Å². The molecule has 0 aliphatic carbocycles. The number of Topliss-reactive ketones (excluding diaryl/α,β-unsaturated/α-hetero) is 1. The number of amides is 3.